The van der Waals surface area contributed by atoms with E-state index in [0.717, 1.165) is 12.8 Å². The van der Waals surface area contributed by atoms with Crippen LogP contribution < -0.4 is 0 Å². The lowest BCUT2D eigenvalue weighted by atomic mass is 9.85. The molecule has 10 nitrogen and oxygen atoms in total. The molecule has 0 radical (unpaired) electrons. The van der Waals surface area contributed by atoms with Crippen LogP contribution in [0.3, 0.4) is 0 Å². The van der Waals surface area contributed by atoms with Gasteiger partial charge in [-0.3, -0.25) is 38.6 Å². The Bertz CT molecular complexity index is 1140. The lowest BCUT2D eigenvalue weighted by molar-refractivity contribution is -0.156. The standard InChI is InChI=1S/C32H40N4O6/c1-3-5-21(35-29(39)23-17-7-8-18(15-17)24(23)30(35)40)27(37)33-11-13-34(14-12-33)28(38)22(6-4-2)36-31(41)25-19-9-10-20(16-19)26(25)32(36)42/h7-10,17-26H,3-6,11-16H2,1-2H3/t17-,18-,19-,20-,21-,22+,23+,24+,25-,26+/m0/s1. The molecule has 0 N–H and O–H groups in total. The molecule has 0 spiro atoms. The van der Waals surface area contributed by atoms with Gasteiger partial charge in [-0.2, -0.15) is 0 Å². The van der Waals surface area contributed by atoms with Gasteiger partial charge in [0.1, 0.15) is 12.1 Å². The summed E-state index contributed by atoms with van der Waals surface area (Å²) in [5.74, 6) is -2.33. The molecule has 224 valence electrons. The second-order valence-corrected chi connectivity index (χ2v) is 13.4. The van der Waals surface area contributed by atoms with Crippen molar-refractivity contribution >= 4 is 35.4 Å². The number of amides is 6. The van der Waals surface area contributed by atoms with Crippen LogP contribution in [0.1, 0.15) is 52.4 Å². The van der Waals surface area contributed by atoms with E-state index in [0.29, 0.717) is 25.7 Å². The molecule has 0 aromatic heterocycles. The van der Waals surface area contributed by atoms with Gasteiger partial charge in [-0.1, -0.05) is 51.0 Å². The van der Waals surface area contributed by atoms with Crippen LogP contribution in [0, 0.1) is 47.3 Å². The minimum Gasteiger partial charge on any atom is -0.337 e. The molecule has 10 atom stereocenters. The molecule has 3 saturated heterocycles. The Balaban J connectivity index is 1.02. The number of carbonyl (C=O) groups is 6. The summed E-state index contributed by atoms with van der Waals surface area (Å²) in [7, 11) is 0. The first-order valence-corrected chi connectivity index (χ1v) is 15.9. The second-order valence-electron chi connectivity index (χ2n) is 13.4. The molecule has 2 saturated carbocycles. The van der Waals surface area contributed by atoms with Gasteiger partial charge in [0.05, 0.1) is 23.7 Å². The summed E-state index contributed by atoms with van der Waals surface area (Å²) in [4.78, 5) is 87.3. The molecule has 10 heteroatoms. The van der Waals surface area contributed by atoms with E-state index in [1.54, 1.807) is 9.80 Å². The van der Waals surface area contributed by atoms with Gasteiger partial charge in [0.2, 0.25) is 35.4 Å². The van der Waals surface area contributed by atoms with Crippen LogP contribution in [-0.2, 0) is 28.8 Å². The van der Waals surface area contributed by atoms with Crippen molar-refractivity contribution in [3.8, 4) is 0 Å². The molecule has 0 aromatic carbocycles. The average molecular weight is 577 g/mol. The van der Waals surface area contributed by atoms with Crippen molar-refractivity contribution in [2.24, 2.45) is 47.3 Å². The molecule has 4 aliphatic carbocycles. The minimum atomic E-state index is -0.821. The van der Waals surface area contributed by atoms with E-state index in [-0.39, 0.29) is 109 Å². The third kappa shape index (κ3) is 3.82. The summed E-state index contributed by atoms with van der Waals surface area (Å²) in [5, 5.41) is 0. The smallest absolute Gasteiger partial charge is 0.245 e. The Kier molecular flexibility index (Phi) is 6.66. The molecule has 7 aliphatic rings. The zero-order chi connectivity index (χ0) is 29.4. The van der Waals surface area contributed by atoms with Crippen LogP contribution in [0.5, 0.6) is 0 Å². The molecular weight excluding hydrogens is 536 g/mol. The van der Waals surface area contributed by atoms with Gasteiger partial charge in [0.25, 0.3) is 0 Å². The van der Waals surface area contributed by atoms with Crippen LogP contribution in [-0.4, -0.2) is 93.3 Å². The van der Waals surface area contributed by atoms with E-state index >= 15 is 0 Å². The highest BCUT2D eigenvalue weighted by Gasteiger charge is 2.62. The Labute approximate surface area is 246 Å². The van der Waals surface area contributed by atoms with Crippen LogP contribution in [0.15, 0.2) is 24.3 Å². The molecule has 6 amide bonds. The van der Waals surface area contributed by atoms with Crippen LogP contribution in [0.25, 0.3) is 0 Å². The van der Waals surface area contributed by atoms with Gasteiger partial charge in [-0.25, -0.2) is 0 Å². The van der Waals surface area contributed by atoms with E-state index in [9.17, 15) is 28.8 Å². The predicted octanol–water partition coefficient (Wildman–Crippen LogP) is 1.61. The number of rotatable bonds is 8. The first-order chi connectivity index (χ1) is 20.3. The molecular formula is C32H40N4O6. The van der Waals surface area contributed by atoms with E-state index in [1.807, 2.05) is 13.8 Å². The molecule has 3 aliphatic heterocycles. The number of hydrogen-bond donors (Lipinski definition) is 0. The summed E-state index contributed by atoms with van der Waals surface area (Å²) in [6.07, 6.45) is 12.0. The van der Waals surface area contributed by atoms with Crippen molar-refractivity contribution in [3.05, 3.63) is 24.3 Å². The van der Waals surface area contributed by atoms with Crippen molar-refractivity contribution in [2.75, 3.05) is 26.2 Å². The number of nitrogens with zero attached hydrogens (tertiary/aromatic N) is 4. The number of imide groups is 2. The molecule has 4 bridgehead atoms. The summed E-state index contributed by atoms with van der Waals surface area (Å²) >= 11 is 0. The van der Waals surface area contributed by atoms with Crippen LogP contribution in [0.4, 0.5) is 0 Å². The van der Waals surface area contributed by atoms with Crippen LogP contribution >= 0.6 is 0 Å². The molecule has 7 rings (SSSR count). The van der Waals surface area contributed by atoms with Crippen LogP contribution in [0.2, 0.25) is 0 Å². The van der Waals surface area contributed by atoms with Crippen molar-refractivity contribution < 1.29 is 28.8 Å². The summed E-state index contributed by atoms with van der Waals surface area (Å²) in [6, 6.07) is -1.64. The fourth-order valence-electron chi connectivity index (χ4n) is 9.31. The van der Waals surface area contributed by atoms with Gasteiger partial charge in [-0.15, -0.1) is 0 Å². The lowest BCUT2D eigenvalue weighted by Gasteiger charge is -2.40. The molecule has 0 unspecified atom stereocenters. The number of likely N-dealkylation sites (tertiary alicyclic amines) is 2. The first-order valence-electron chi connectivity index (χ1n) is 15.9. The predicted molar refractivity (Wildman–Crippen MR) is 150 cm³/mol. The highest BCUT2D eigenvalue weighted by Crippen LogP contribution is 2.54. The van der Waals surface area contributed by atoms with Gasteiger partial charge >= 0.3 is 0 Å². The van der Waals surface area contributed by atoms with Crippen molar-refractivity contribution in [2.45, 2.75) is 64.5 Å². The number of carbonyl (C=O) groups excluding carboxylic acids is 6. The number of fused-ring (bicyclic) bond motifs is 10. The minimum absolute atomic E-state index is 0.0878. The van der Waals surface area contributed by atoms with Gasteiger partial charge in [0.15, 0.2) is 0 Å². The highest BCUT2D eigenvalue weighted by molar-refractivity contribution is 6.10. The Morgan fingerprint density at radius 2 is 0.881 bits per heavy atom. The van der Waals surface area contributed by atoms with E-state index in [1.165, 1.54) is 9.80 Å². The number of piperazine rings is 1. The molecule has 5 fully saturated rings. The zero-order valence-corrected chi connectivity index (χ0v) is 24.4. The summed E-state index contributed by atoms with van der Waals surface area (Å²) in [6.45, 7) is 5.00. The SMILES string of the molecule is CCC[C@H](C(=O)N1CCN(C(=O)[C@H](CCC)N2C(=O)[C@H]3[C@H](C2=O)[C@H]2C=C[C@H]3C2)CC1)N1C(=O)[C@@H]2[C@H](C1=O)[C@H]1C=C[C@H]2C1. The Hall–Kier alpha value is -3.30. The average Bonchev–Trinajstić information content (AvgIpc) is 3.84. The maximum absolute atomic E-state index is 13.8. The maximum Gasteiger partial charge on any atom is 0.245 e. The number of hydrogen-bond acceptors (Lipinski definition) is 6. The second kappa shape index (κ2) is 10.2. The van der Waals surface area contributed by atoms with E-state index in [2.05, 4.69) is 24.3 Å². The van der Waals surface area contributed by atoms with Crippen molar-refractivity contribution in [3.63, 3.8) is 0 Å². The molecule has 3 heterocycles. The van der Waals surface area contributed by atoms with Gasteiger partial charge < -0.3 is 9.80 Å². The maximum atomic E-state index is 13.8. The fraction of sp³-hybridized carbons (Fsp3) is 0.688. The third-order valence-electron chi connectivity index (χ3n) is 11.2. The van der Waals surface area contributed by atoms with Crippen molar-refractivity contribution in [1.29, 1.82) is 0 Å². The first kappa shape index (κ1) is 27.5. The van der Waals surface area contributed by atoms with Gasteiger partial charge in [-0.05, 0) is 49.4 Å². The monoisotopic (exact) mass is 576 g/mol. The van der Waals surface area contributed by atoms with E-state index < -0.39 is 12.1 Å². The summed E-state index contributed by atoms with van der Waals surface area (Å²) in [5.41, 5.74) is 0. The normalized spacial score (nSPS) is 37.4. The lowest BCUT2D eigenvalue weighted by Crippen LogP contribution is -2.59. The zero-order valence-electron chi connectivity index (χ0n) is 24.4. The molecule has 0 aromatic rings. The Morgan fingerprint density at radius 1 is 0.595 bits per heavy atom. The van der Waals surface area contributed by atoms with Gasteiger partial charge in [0, 0.05) is 26.2 Å². The number of allylic oxidation sites excluding steroid dienone is 4. The quantitative estimate of drug-likeness (QED) is 0.320. The largest absolute Gasteiger partial charge is 0.337 e. The summed E-state index contributed by atoms with van der Waals surface area (Å²) < 4.78 is 0. The third-order valence-corrected chi connectivity index (χ3v) is 11.2. The Morgan fingerprint density at radius 3 is 1.14 bits per heavy atom. The highest BCUT2D eigenvalue weighted by atomic mass is 16.2. The molecule has 42 heavy (non-hydrogen) atoms. The van der Waals surface area contributed by atoms with Crippen molar-refractivity contribution in [1.82, 2.24) is 19.6 Å². The topological polar surface area (TPSA) is 115 Å². The fourth-order valence-corrected chi connectivity index (χ4v) is 9.31. The van der Waals surface area contributed by atoms with E-state index in [4.69, 9.17) is 0 Å².